The minimum atomic E-state index is 0.0323. The maximum absolute atomic E-state index is 11.8. The van der Waals surface area contributed by atoms with Crippen LogP contribution in [0.5, 0.6) is 0 Å². The van der Waals surface area contributed by atoms with Gasteiger partial charge < -0.3 is 9.74 Å². The Morgan fingerprint density at radius 2 is 2.61 bits per heavy atom. The Hall–Kier alpha value is -1.36. The van der Waals surface area contributed by atoms with Crippen molar-refractivity contribution in [3.05, 3.63) is 22.4 Å². The van der Waals surface area contributed by atoms with E-state index >= 15 is 0 Å². The zero-order valence-corrected chi connectivity index (χ0v) is 11.4. The summed E-state index contributed by atoms with van der Waals surface area (Å²) in [5.41, 5.74) is 0. The highest BCUT2D eigenvalue weighted by molar-refractivity contribution is 7.11. The SMILES string of the molecule is CC1CCCN(C(=O)CON=Cc2cccs2)C1. The standard InChI is InChI=1S/C13H18N2O2S/c1-11-4-2-6-15(9-11)13(16)10-17-14-8-12-5-3-7-18-12/h3,5,7-8,11H,2,4,6,9-10H2,1H3. The van der Waals surface area contributed by atoms with Gasteiger partial charge in [0, 0.05) is 18.0 Å². The summed E-state index contributed by atoms with van der Waals surface area (Å²) in [4.78, 5) is 19.8. The topological polar surface area (TPSA) is 41.9 Å². The van der Waals surface area contributed by atoms with Crippen molar-refractivity contribution in [3.63, 3.8) is 0 Å². The lowest BCUT2D eigenvalue weighted by Crippen LogP contribution is -2.40. The molecule has 18 heavy (non-hydrogen) atoms. The Kier molecular flexibility index (Phi) is 4.75. The summed E-state index contributed by atoms with van der Waals surface area (Å²) in [6, 6.07) is 3.90. The molecule has 4 nitrogen and oxygen atoms in total. The van der Waals surface area contributed by atoms with Gasteiger partial charge in [-0.05, 0) is 30.2 Å². The van der Waals surface area contributed by atoms with Crippen molar-refractivity contribution >= 4 is 23.5 Å². The molecule has 1 aliphatic rings. The van der Waals surface area contributed by atoms with Gasteiger partial charge in [0.25, 0.3) is 5.91 Å². The average molecular weight is 266 g/mol. The van der Waals surface area contributed by atoms with E-state index in [0.717, 1.165) is 24.4 Å². The number of amides is 1. The summed E-state index contributed by atoms with van der Waals surface area (Å²) >= 11 is 1.59. The molecular formula is C13H18N2O2S. The lowest BCUT2D eigenvalue weighted by molar-refractivity contribution is -0.137. The van der Waals surface area contributed by atoms with E-state index in [1.807, 2.05) is 22.4 Å². The van der Waals surface area contributed by atoms with Crippen LogP contribution in [0.3, 0.4) is 0 Å². The van der Waals surface area contributed by atoms with Crippen molar-refractivity contribution in [1.29, 1.82) is 0 Å². The number of carbonyl (C=O) groups is 1. The van der Waals surface area contributed by atoms with Gasteiger partial charge in [-0.2, -0.15) is 0 Å². The number of nitrogens with zero attached hydrogens (tertiary/aromatic N) is 2. The van der Waals surface area contributed by atoms with Gasteiger partial charge in [-0.1, -0.05) is 18.1 Å². The van der Waals surface area contributed by atoms with Crippen LogP contribution in [0, 0.1) is 5.92 Å². The molecule has 2 heterocycles. The maximum Gasteiger partial charge on any atom is 0.263 e. The van der Waals surface area contributed by atoms with E-state index < -0.39 is 0 Å². The molecule has 0 spiro atoms. The molecule has 1 aromatic rings. The third kappa shape index (κ3) is 3.84. The number of piperidine rings is 1. The molecule has 0 aliphatic carbocycles. The largest absolute Gasteiger partial charge is 0.386 e. The van der Waals surface area contributed by atoms with E-state index in [0.29, 0.717) is 5.92 Å². The maximum atomic E-state index is 11.8. The lowest BCUT2D eigenvalue weighted by Gasteiger charge is -2.30. The summed E-state index contributed by atoms with van der Waals surface area (Å²) in [6.45, 7) is 3.90. The van der Waals surface area contributed by atoms with Crippen LogP contribution in [0.1, 0.15) is 24.6 Å². The van der Waals surface area contributed by atoms with Crippen LogP contribution >= 0.6 is 11.3 Å². The Bertz CT molecular complexity index is 403. The van der Waals surface area contributed by atoms with E-state index in [-0.39, 0.29) is 12.5 Å². The summed E-state index contributed by atoms with van der Waals surface area (Å²) in [5.74, 6) is 0.627. The summed E-state index contributed by atoms with van der Waals surface area (Å²) in [5, 5.41) is 5.78. The number of likely N-dealkylation sites (tertiary alicyclic amines) is 1. The van der Waals surface area contributed by atoms with Crippen LogP contribution < -0.4 is 0 Å². The van der Waals surface area contributed by atoms with Crippen LogP contribution in [-0.4, -0.2) is 36.7 Å². The highest BCUT2D eigenvalue weighted by Gasteiger charge is 2.20. The molecule has 5 heteroatoms. The fourth-order valence-corrected chi connectivity index (χ4v) is 2.63. The molecule has 1 saturated heterocycles. The van der Waals surface area contributed by atoms with Gasteiger partial charge >= 0.3 is 0 Å². The normalized spacial score (nSPS) is 20.3. The van der Waals surface area contributed by atoms with E-state index in [1.165, 1.54) is 6.42 Å². The molecule has 1 aliphatic heterocycles. The summed E-state index contributed by atoms with van der Waals surface area (Å²) in [7, 11) is 0. The fourth-order valence-electron chi connectivity index (χ4n) is 2.05. The Balaban J connectivity index is 1.71. The summed E-state index contributed by atoms with van der Waals surface area (Å²) in [6.07, 6.45) is 3.93. The van der Waals surface area contributed by atoms with Gasteiger partial charge in [0.05, 0.1) is 6.21 Å². The number of hydrogen-bond donors (Lipinski definition) is 0. The van der Waals surface area contributed by atoms with Crippen LogP contribution in [0.25, 0.3) is 0 Å². The third-order valence-electron chi connectivity index (χ3n) is 3.00. The number of hydrogen-bond acceptors (Lipinski definition) is 4. The van der Waals surface area contributed by atoms with Gasteiger partial charge in [-0.25, -0.2) is 0 Å². The van der Waals surface area contributed by atoms with Crippen molar-refractivity contribution in [3.8, 4) is 0 Å². The first-order valence-electron chi connectivity index (χ1n) is 6.22. The number of oxime groups is 1. The third-order valence-corrected chi connectivity index (χ3v) is 3.80. The molecule has 1 aromatic heterocycles. The van der Waals surface area contributed by atoms with E-state index in [1.54, 1.807) is 17.6 Å². The zero-order valence-electron chi connectivity index (χ0n) is 10.5. The molecule has 0 saturated carbocycles. The Morgan fingerprint density at radius 1 is 1.72 bits per heavy atom. The van der Waals surface area contributed by atoms with E-state index in [4.69, 9.17) is 4.84 Å². The molecule has 2 rings (SSSR count). The molecular weight excluding hydrogens is 248 g/mol. The monoisotopic (exact) mass is 266 g/mol. The first kappa shape index (κ1) is 13.1. The van der Waals surface area contributed by atoms with Crippen molar-refractivity contribution in [2.45, 2.75) is 19.8 Å². The summed E-state index contributed by atoms with van der Waals surface area (Å²) < 4.78 is 0. The Labute approximate surface area is 111 Å². The van der Waals surface area contributed by atoms with Gasteiger partial charge in [-0.15, -0.1) is 11.3 Å². The van der Waals surface area contributed by atoms with Crippen LogP contribution in [0.15, 0.2) is 22.7 Å². The average Bonchev–Trinajstić information content (AvgIpc) is 2.87. The first-order chi connectivity index (χ1) is 8.75. The second kappa shape index (κ2) is 6.54. The van der Waals surface area contributed by atoms with Gasteiger partial charge in [0.15, 0.2) is 6.61 Å². The van der Waals surface area contributed by atoms with Gasteiger partial charge in [0.1, 0.15) is 0 Å². The van der Waals surface area contributed by atoms with Gasteiger partial charge in [-0.3, -0.25) is 4.79 Å². The fraction of sp³-hybridized carbons (Fsp3) is 0.538. The van der Waals surface area contributed by atoms with Crippen molar-refractivity contribution in [2.75, 3.05) is 19.7 Å². The quantitative estimate of drug-likeness (QED) is 0.620. The molecule has 0 radical (unpaired) electrons. The van der Waals surface area contributed by atoms with Crippen LogP contribution in [0.4, 0.5) is 0 Å². The van der Waals surface area contributed by atoms with Gasteiger partial charge in [0.2, 0.25) is 0 Å². The van der Waals surface area contributed by atoms with Crippen molar-refractivity contribution in [1.82, 2.24) is 4.90 Å². The number of carbonyl (C=O) groups excluding carboxylic acids is 1. The van der Waals surface area contributed by atoms with Crippen LogP contribution in [-0.2, 0) is 9.63 Å². The first-order valence-corrected chi connectivity index (χ1v) is 7.10. The molecule has 98 valence electrons. The minimum absolute atomic E-state index is 0.0323. The molecule has 0 aromatic carbocycles. The molecule has 1 amide bonds. The molecule has 0 N–H and O–H groups in total. The molecule has 1 fully saturated rings. The molecule has 0 bridgehead atoms. The van der Waals surface area contributed by atoms with E-state index in [9.17, 15) is 4.79 Å². The number of thiophene rings is 1. The predicted octanol–water partition coefficient (Wildman–Crippen LogP) is 2.36. The second-order valence-corrected chi connectivity index (χ2v) is 5.59. The minimum Gasteiger partial charge on any atom is -0.386 e. The van der Waals surface area contributed by atoms with Crippen molar-refractivity contribution < 1.29 is 9.63 Å². The smallest absolute Gasteiger partial charge is 0.263 e. The highest BCUT2D eigenvalue weighted by atomic mass is 32.1. The second-order valence-electron chi connectivity index (χ2n) is 4.61. The molecule has 1 atom stereocenters. The van der Waals surface area contributed by atoms with Crippen LogP contribution in [0.2, 0.25) is 0 Å². The van der Waals surface area contributed by atoms with Crippen molar-refractivity contribution in [2.24, 2.45) is 11.1 Å². The predicted molar refractivity (Wildman–Crippen MR) is 72.8 cm³/mol. The molecule has 1 unspecified atom stereocenters. The Morgan fingerprint density at radius 3 is 3.33 bits per heavy atom. The van der Waals surface area contributed by atoms with E-state index in [2.05, 4.69) is 12.1 Å². The highest BCUT2D eigenvalue weighted by Crippen LogP contribution is 2.15. The number of rotatable bonds is 4. The lowest BCUT2D eigenvalue weighted by atomic mass is 10.0. The zero-order chi connectivity index (χ0) is 12.8.